The van der Waals surface area contributed by atoms with E-state index in [-0.39, 0.29) is 24.3 Å². The predicted molar refractivity (Wildman–Crippen MR) is 130 cm³/mol. The van der Waals surface area contributed by atoms with Crippen LogP contribution in [0.2, 0.25) is 0 Å². The van der Waals surface area contributed by atoms with Crippen LogP contribution >= 0.6 is 7.60 Å². The highest BCUT2D eigenvalue weighted by molar-refractivity contribution is 7.62. The maximum atomic E-state index is 14.4. The number of fused-ring (bicyclic) bond motifs is 1. The van der Waals surface area contributed by atoms with E-state index in [0.29, 0.717) is 28.6 Å². The highest BCUT2D eigenvalue weighted by atomic mass is 31.2. The maximum Gasteiger partial charge on any atom is 0.378 e. The van der Waals surface area contributed by atoms with Crippen molar-refractivity contribution in [1.82, 2.24) is 4.57 Å². The van der Waals surface area contributed by atoms with Crippen LogP contribution in [0.5, 0.6) is 0 Å². The van der Waals surface area contributed by atoms with Gasteiger partial charge in [0.05, 0.1) is 18.1 Å². The average Bonchev–Trinajstić information content (AvgIpc) is 3.14. The fourth-order valence-electron chi connectivity index (χ4n) is 4.05. The molecule has 0 N–H and O–H groups in total. The van der Waals surface area contributed by atoms with E-state index in [0.717, 1.165) is 5.56 Å². The third kappa shape index (κ3) is 4.53. The standard InChI is InChI=1S/C25H24FN2O5P/c1-3-32-34(31,33-4-2)25-22-15-10-19(26)17-23(22)24(16-18-8-6-5-7-9-18)27(25)20-11-13-21(14-12-20)28(29)30/h5-15,17H,3-4,16H2,1-2H3. The van der Waals surface area contributed by atoms with E-state index in [1.54, 1.807) is 36.6 Å². The van der Waals surface area contributed by atoms with Crippen molar-refractivity contribution in [2.24, 2.45) is 0 Å². The molecule has 1 aromatic heterocycles. The minimum absolute atomic E-state index is 0.0736. The second-order valence-electron chi connectivity index (χ2n) is 7.56. The van der Waals surface area contributed by atoms with Gasteiger partial charge >= 0.3 is 7.60 Å². The first-order valence-corrected chi connectivity index (χ1v) is 12.4. The van der Waals surface area contributed by atoms with Crippen molar-refractivity contribution in [1.29, 1.82) is 0 Å². The molecule has 0 atom stereocenters. The molecular formula is C25H24FN2O5P. The number of benzene rings is 3. The summed E-state index contributed by atoms with van der Waals surface area (Å²) < 4.78 is 41.6. The normalized spacial score (nSPS) is 11.7. The third-order valence-electron chi connectivity index (χ3n) is 5.41. The Hall–Kier alpha value is -3.32. The molecule has 0 aliphatic rings. The number of rotatable bonds is 9. The van der Waals surface area contributed by atoms with Crippen LogP contribution in [-0.2, 0) is 20.0 Å². The number of hydrogen-bond acceptors (Lipinski definition) is 5. The number of hydrogen-bond donors (Lipinski definition) is 0. The van der Waals surface area contributed by atoms with E-state index in [9.17, 15) is 19.1 Å². The summed E-state index contributed by atoms with van der Waals surface area (Å²) in [5.41, 5.74) is 2.36. The lowest BCUT2D eigenvalue weighted by Gasteiger charge is -2.21. The summed E-state index contributed by atoms with van der Waals surface area (Å²) >= 11 is 0. The zero-order valence-corrected chi connectivity index (χ0v) is 19.7. The smallest absolute Gasteiger partial charge is 0.306 e. The summed E-state index contributed by atoms with van der Waals surface area (Å²) in [6.45, 7) is 3.72. The lowest BCUT2D eigenvalue weighted by Crippen LogP contribution is -2.21. The van der Waals surface area contributed by atoms with Gasteiger partial charge in [0.1, 0.15) is 11.3 Å². The SMILES string of the molecule is CCOP(=O)(OCC)c1c2ccc(F)cc2c(Cc2ccccc2)n1-c1ccc([N+](=O)[O-])cc1. The van der Waals surface area contributed by atoms with Crippen LogP contribution in [0.4, 0.5) is 10.1 Å². The second-order valence-corrected chi connectivity index (χ2v) is 9.50. The topological polar surface area (TPSA) is 83.6 Å². The molecule has 0 aliphatic heterocycles. The molecule has 4 aromatic rings. The van der Waals surface area contributed by atoms with Gasteiger partial charge in [0.25, 0.3) is 5.69 Å². The molecular weight excluding hydrogens is 458 g/mol. The summed E-state index contributed by atoms with van der Waals surface area (Å²) in [4.78, 5) is 10.7. The summed E-state index contributed by atoms with van der Waals surface area (Å²) in [6, 6.07) is 19.8. The van der Waals surface area contributed by atoms with Crippen LogP contribution in [0.1, 0.15) is 25.1 Å². The molecule has 0 unspecified atom stereocenters. The molecule has 0 radical (unpaired) electrons. The molecule has 0 amide bonds. The Morgan fingerprint density at radius 1 is 0.941 bits per heavy atom. The molecule has 0 fully saturated rings. The number of aromatic nitrogens is 1. The average molecular weight is 482 g/mol. The molecule has 0 spiro atoms. The van der Waals surface area contributed by atoms with Gasteiger partial charge in [-0.15, -0.1) is 0 Å². The van der Waals surface area contributed by atoms with Crippen molar-refractivity contribution in [3.05, 3.63) is 100.0 Å². The number of nitro groups is 1. The van der Waals surface area contributed by atoms with Crippen LogP contribution in [0.25, 0.3) is 16.5 Å². The van der Waals surface area contributed by atoms with Crippen molar-refractivity contribution < 1.29 is 22.9 Å². The zero-order chi connectivity index (χ0) is 24.3. The molecule has 0 saturated heterocycles. The Balaban J connectivity index is 2.08. The quantitative estimate of drug-likeness (QED) is 0.162. The van der Waals surface area contributed by atoms with Gasteiger partial charge in [-0.25, -0.2) is 4.39 Å². The number of nitrogens with zero attached hydrogens (tertiary/aromatic N) is 2. The van der Waals surface area contributed by atoms with Gasteiger partial charge in [0, 0.05) is 40.7 Å². The van der Waals surface area contributed by atoms with E-state index in [4.69, 9.17) is 9.05 Å². The van der Waals surface area contributed by atoms with E-state index >= 15 is 0 Å². The molecule has 0 bridgehead atoms. The van der Waals surface area contributed by atoms with Crippen LogP contribution in [-0.4, -0.2) is 22.7 Å². The van der Waals surface area contributed by atoms with Gasteiger partial charge in [0.15, 0.2) is 0 Å². The van der Waals surface area contributed by atoms with Gasteiger partial charge in [-0.2, -0.15) is 0 Å². The van der Waals surface area contributed by atoms with Gasteiger partial charge < -0.3 is 13.6 Å². The summed E-state index contributed by atoms with van der Waals surface area (Å²) in [5.74, 6) is -0.433. The lowest BCUT2D eigenvalue weighted by atomic mass is 10.1. The molecule has 176 valence electrons. The van der Waals surface area contributed by atoms with E-state index in [1.807, 2.05) is 30.3 Å². The molecule has 7 nitrogen and oxygen atoms in total. The van der Waals surface area contributed by atoms with E-state index in [1.165, 1.54) is 24.3 Å². The number of non-ortho nitro benzene ring substituents is 1. The predicted octanol–water partition coefficient (Wildman–Crippen LogP) is 6.16. The molecule has 9 heteroatoms. The minimum Gasteiger partial charge on any atom is -0.306 e. The first-order valence-electron chi connectivity index (χ1n) is 10.9. The van der Waals surface area contributed by atoms with Crippen molar-refractivity contribution >= 4 is 29.5 Å². The zero-order valence-electron chi connectivity index (χ0n) is 18.8. The molecule has 34 heavy (non-hydrogen) atoms. The summed E-state index contributed by atoms with van der Waals surface area (Å²) in [5, 5.41) is 12.3. The van der Waals surface area contributed by atoms with Crippen molar-refractivity contribution in [2.45, 2.75) is 20.3 Å². The monoisotopic (exact) mass is 482 g/mol. The van der Waals surface area contributed by atoms with Gasteiger partial charge in [0.2, 0.25) is 0 Å². The summed E-state index contributed by atoms with van der Waals surface area (Å²) in [7, 11) is -3.84. The molecule has 0 aliphatic carbocycles. The Kier molecular flexibility index (Phi) is 6.93. The van der Waals surface area contributed by atoms with Crippen molar-refractivity contribution in [3.63, 3.8) is 0 Å². The third-order valence-corrected chi connectivity index (χ3v) is 7.56. The minimum atomic E-state index is -3.84. The van der Waals surface area contributed by atoms with Gasteiger partial charge in [-0.3, -0.25) is 14.7 Å². The Bertz CT molecular complexity index is 1360. The summed E-state index contributed by atoms with van der Waals surface area (Å²) in [6.07, 6.45) is 0.399. The molecule has 4 rings (SSSR count). The Morgan fingerprint density at radius 3 is 2.18 bits per heavy atom. The molecule has 3 aromatic carbocycles. The first kappa shape index (κ1) is 23.8. The van der Waals surface area contributed by atoms with E-state index < -0.39 is 18.3 Å². The number of halogens is 1. The van der Waals surface area contributed by atoms with Crippen molar-refractivity contribution in [2.75, 3.05) is 13.2 Å². The highest BCUT2D eigenvalue weighted by Crippen LogP contribution is 2.50. The first-order chi connectivity index (χ1) is 16.4. The lowest BCUT2D eigenvalue weighted by molar-refractivity contribution is -0.384. The Labute approximate surface area is 196 Å². The van der Waals surface area contributed by atoms with Crippen LogP contribution in [0.15, 0.2) is 72.8 Å². The van der Waals surface area contributed by atoms with Crippen molar-refractivity contribution in [3.8, 4) is 5.69 Å². The van der Waals surface area contributed by atoms with Crippen LogP contribution in [0.3, 0.4) is 0 Å². The molecule has 0 saturated carbocycles. The van der Waals surface area contributed by atoms with Crippen LogP contribution < -0.4 is 5.44 Å². The van der Waals surface area contributed by atoms with Gasteiger partial charge in [-0.05, 0) is 49.7 Å². The van der Waals surface area contributed by atoms with Gasteiger partial charge in [-0.1, -0.05) is 30.3 Å². The molecule has 1 heterocycles. The maximum absolute atomic E-state index is 14.4. The number of nitro benzene ring substituents is 1. The fraction of sp³-hybridized carbons (Fsp3) is 0.200. The highest BCUT2D eigenvalue weighted by Gasteiger charge is 2.36. The fourth-order valence-corrected chi connectivity index (χ4v) is 6.02. The Morgan fingerprint density at radius 2 is 1.59 bits per heavy atom. The van der Waals surface area contributed by atoms with Crippen LogP contribution in [0, 0.1) is 15.9 Å². The largest absolute Gasteiger partial charge is 0.378 e. The second kappa shape index (κ2) is 9.89. The van der Waals surface area contributed by atoms with E-state index in [2.05, 4.69) is 0 Å².